The summed E-state index contributed by atoms with van der Waals surface area (Å²) in [5, 5.41) is 23.9. The quantitative estimate of drug-likeness (QED) is 0.414. The second-order valence-corrected chi connectivity index (χ2v) is 8.28. The summed E-state index contributed by atoms with van der Waals surface area (Å²) in [5.74, 6) is 1.88. The molecule has 0 amide bonds. The van der Waals surface area contributed by atoms with Crippen LogP contribution in [-0.2, 0) is 0 Å². The van der Waals surface area contributed by atoms with Crippen LogP contribution in [0.15, 0.2) is 77.8 Å². The molecule has 1 unspecified atom stereocenters. The Kier molecular flexibility index (Phi) is 6.64. The van der Waals surface area contributed by atoms with Gasteiger partial charge in [0.1, 0.15) is 17.4 Å². The van der Waals surface area contributed by atoms with Gasteiger partial charge in [-0.25, -0.2) is 4.68 Å². The van der Waals surface area contributed by atoms with Gasteiger partial charge >= 0.3 is 0 Å². The number of hydrogen-bond donors (Lipinski definition) is 1. The molecule has 0 aliphatic rings. The van der Waals surface area contributed by atoms with Gasteiger partial charge in [0.15, 0.2) is 5.82 Å². The van der Waals surface area contributed by atoms with Gasteiger partial charge in [0, 0.05) is 11.4 Å². The summed E-state index contributed by atoms with van der Waals surface area (Å²) in [6, 6.07) is 23.8. The molecule has 2 heterocycles. The summed E-state index contributed by atoms with van der Waals surface area (Å²) < 4.78 is 7.49. The second kappa shape index (κ2) is 9.76. The van der Waals surface area contributed by atoms with Gasteiger partial charge in [-0.15, -0.1) is 22.0 Å². The lowest BCUT2D eigenvalue weighted by Crippen LogP contribution is -2.20. The molecule has 6 nitrogen and oxygen atoms in total. The summed E-state index contributed by atoms with van der Waals surface area (Å²) in [5.41, 5.74) is 4.24. The van der Waals surface area contributed by atoms with Crippen LogP contribution in [-0.4, -0.2) is 43.5 Å². The highest BCUT2D eigenvalue weighted by molar-refractivity contribution is 7.99. The van der Waals surface area contributed by atoms with Crippen LogP contribution in [0.1, 0.15) is 11.4 Å². The van der Waals surface area contributed by atoms with Crippen LogP contribution in [0, 0.1) is 13.8 Å². The Morgan fingerprint density at radius 1 is 0.935 bits per heavy atom. The molecule has 1 N–H and O–H groups in total. The molecule has 0 bridgehead atoms. The van der Waals surface area contributed by atoms with Crippen molar-refractivity contribution in [1.29, 1.82) is 0 Å². The molecule has 0 radical (unpaired) electrons. The minimum absolute atomic E-state index is 0.217. The number of aryl methyl sites for hydroxylation is 2. The topological polar surface area (TPSA) is 73.1 Å². The third-order valence-corrected chi connectivity index (χ3v) is 5.74. The lowest BCUT2D eigenvalue weighted by molar-refractivity contribution is 0.126. The van der Waals surface area contributed by atoms with Gasteiger partial charge in [-0.3, -0.25) is 0 Å². The Morgan fingerprint density at radius 2 is 1.68 bits per heavy atom. The van der Waals surface area contributed by atoms with E-state index in [0.717, 1.165) is 33.3 Å². The molecule has 4 rings (SSSR count). The Morgan fingerprint density at radius 3 is 2.32 bits per heavy atom. The van der Waals surface area contributed by atoms with E-state index in [-0.39, 0.29) is 6.61 Å². The van der Waals surface area contributed by atoms with Crippen molar-refractivity contribution < 1.29 is 9.84 Å². The molecule has 158 valence electrons. The van der Waals surface area contributed by atoms with Gasteiger partial charge in [0.25, 0.3) is 0 Å². The first-order valence-electron chi connectivity index (χ1n) is 10.0. The lowest BCUT2D eigenvalue weighted by atomic mass is 10.1. The summed E-state index contributed by atoms with van der Waals surface area (Å²) >= 11 is 1.44. The first kappa shape index (κ1) is 21.1. The second-order valence-electron chi connectivity index (χ2n) is 7.23. The summed E-state index contributed by atoms with van der Waals surface area (Å²) in [7, 11) is 0. The average molecular weight is 433 g/mol. The fourth-order valence-electron chi connectivity index (χ4n) is 3.16. The zero-order chi connectivity index (χ0) is 21.6. The van der Waals surface area contributed by atoms with Crippen LogP contribution >= 0.6 is 11.8 Å². The maximum absolute atomic E-state index is 10.3. The molecule has 4 aromatic rings. The van der Waals surface area contributed by atoms with Crippen LogP contribution in [0.4, 0.5) is 0 Å². The predicted octanol–water partition coefficient (Wildman–Crippen LogP) is 4.48. The molecular weight excluding hydrogens is 408 g/mol. The summed E-state index contributed by atoms with van der Waals surface area (Å²) in [6.07, 6.45) is -0.615. The van der Waals surface area contributed by atoms with Crippen molar-refractivity contribution in [3.8, 4) is 22.7 Å². The summed E-state index contributed by atoms with van der Waals surface area (Å²) in [4.78, 5) is 0. The molecular formula is C24H24N4O2S. The Balaban J connectivity index is 1.26. The van der Waals surface area contributed by atoms with Gasteiger partial charge in [-0.1, -0.05) is 42.5 Å². The number of thioether (sulfide) groups is 1. The monoisotopic (exact) mass is 432 g/mol. The van der Waals surface area contributed by atoms with E-state index in [9.17, 15) is 5.11 Å². The molecule has 0 saturated carbocycles. The fourth-order valence-corrected chi connectivity index (χ4v) is 3.88. The molecule has 0 spiro atoms. The molecule has 31 heavy (non-hydrogen) atoms. The first-order valence-corrected chi connectivity index (χ1v) is 11.0. The Hall–Kier alpha value is -3.16. The van der Waals surface area contributed by atoms with Crippen LogP contribution in [0.2, 0.25) is 0 Å². The van der Waals surface area contributed by atoms with Crippen molar-refractivity contribution in [3.05, 3.63) is 84.2 Å². The third kappa shape index (κ3) is 5.51. The molecule has 2 aromatic carbocycles. The number of ether oxygens (including phenoxy) is 1. The average Bonchev–Trinajstić information content (AvgIpc) is 3.15. The SMILES string of the molecule is Cc1cc(C)n(-c2ccc(SCC(O)COc3ccc(-c4ccccc4)cc3)nn2)n1. The van der Waals surface area contributed by atoms with Crippen LogP contribution in [0.3, 0.4) is 0 Å². The van der Waals surface area contributed by atoms with Crippen molar-refractivity contribution in [1.82, 2.24) is 20.0 Å². The van der Waals surface area contributed by atoms with Crippen LogP contribution < -0.4 is 4.74 Å². The van der Waals surface area contributed by atoms with E-state index in [1.807, 2.05) is 74.5 Å². The predicted molar refractivity (Wildman–Crippen MR) is 123 cm³/mol. The van der Waals surface area contributed by atoms with E-state index in [1.54, 1.807) is 4.68 Å². The standard InChI is InChI=1S/C24H24N4O2S/c1-17-14-18(2)28(27-17)23-12-13-24(26-25-23)31-16-21(29)15-30-22-10-8-20(9-11-22)19-6-4-3-5-7-19/h3-14,21,29H,15-16H2,1-2H3. The van der Waals surface area contributed by atoms with Crippen molar-refractivity contribution in [3.63, 3.8) is 0 Å². The van der Waals surface area contributed by atoms with Crippen molar-refractivity contribution >= 4 is 11.8 Å². The smallest absolute Gasteiger partial charge is 0.175 e. The minimum Gasteiger partial charge on any atom is -0.491 e. The molecule has 0 aliphatic heterocycles. The molecule has 0 saturated heterocycles. The molecule has 0 aliphatic carbocycles. The van der Waals surface area contributed by atoms with E-state index in [4.69, 9.17) is 4.74 Å². The molecule has 1 atom stereocenters. The molecule has 7 heteroatoms. The Labute approximate surface area is 185 Å². The van der Waals surface area contributed by atoms with E-state index in [1.165, 1.54) is 11.8 Å². The Bertz CT molecular complexity index is 1110. The van der Waals surface area contributed by atoms with E-state index < -0.39 is 6.10 Å². The number of aromatic nitrogens is 4. The maximum Gasteiger partial charge on any atom is 0.175 e. The third-order valence-electron chi connectivity index (χ3n) is 4.68. The van der Waals surface area contributed by atoms with E-state index in [2.05, 4.69) is 27.4 Å². The van der Waals surface area contributed by atoms with Gasteiger partial charge in [-0.05, 0) is 55.3 Å². The van der Waals surface area contributed by atoms with E-state index >= 15 is 0 Å². The highest BCUT2D eigenvalue weighted by atomic mass is 32.2. The number of aliphatic hydroxyl groups is 1. The van der Waals surface area contributed by atoms with Gasteiger partial charge < -0.3 is 9.84 Å². The highest BCUT2D eigenvalue weighted by Gasteiger charge is 2.10. The lowest BCUT2D eigenvalue weighted by Gasteiger charge is -2.12. The summed E-state index contributed by atoms with van der Waals surface area (Å²) in [6.45, 7) is 4.15. The normalized spacial score (nSPS) is 12.0. The van der Waals surface area contributed by atoms with Crippen LogP contribution in [0.25, 0.3) is 16.9 Å². The fraction of sp³-hybridized carbons (Fsp3) is 0.208. The zero-order valence-electron chi connectivity index (χ0n) is 17.5. The minimum atomic E-state index is -0.615. The van der Waals surface area contributed by atoms with Gasteiger partial charge in [0.2, 0.25) is 0 Å². The maximum atomic E-state index is 10.3. The van der Waals surface area contributed by atoms with Crippen molar-refractivity contribution in [2.24, 2.45) is 0 Å². The van der Waals surface area contributed by atoms with Crippen LogP contribution in [0.5, 0.6) is 5.75 Å². The van der Waals surface area contributed by atoms with E-state index in [0.29, 0.717) is 11.6 Å². The highest BCUT2D eigenvalue weighted by Crippen LogP contribution is 2.22. The van der Waals surface area contributed by atoms with Crippen molar-refractivity contribution in [2.75, 3.05) is 12.4 Å². The molecule has 0 fully saturated rings. The molecule has 2 aromatic heterocycles. The number of nitrogens with zero attached hydrogens (tertiary/aromatic N) is 4. The van der Waals surface area contributed by atoms with Gasteiger partial charge in [-0.2, -0.15) is 5.10 Å². The number of benzene rings is 2. The van der Waals surface area contributed by atoms with Crippen molar-refractivity contribution in [2.45, 2.75) is 25.0 Å². The number of hydrogen-bond acceptors (Lipinski definition) is 6. The number of aliphatic hydroxyl groups excluding tert-OH is 1. The van der Waals surface area contributed by atoms with Gasteiger partial charge in [0.05, 0.1) is 11.8 Å². The first-order chi connectivity index (χ1) is 15.1. The zero-order valence-corrected chi connectivity index (χ0v) is 18.3. The number of rotatable bonds is 8. The largest absolute Gasteiger partial charge is 0.491 e.